The van der Waals surface area contributed by atoms with E-state index in [9.17, 15) is 13.2 Å². The smallest absolute Gasteiger partial charge is 0.404 e. The van der Waals surface area contributed by atoms with Crippen molar-refractivity contribution in [2.45, 2.75) is 19.2 Å². The van der Waals surface area contributed by atoms with Crippen LogP contribution in [0.2, 0.25) is 0 Å². The number of nitrogens with one attached hydrogen (secondary N) is 1. The van der Waals surface area contributed by atoms with Gasteiger partial charge in [-0.3, -0.25) is 4.99 Å². The largest absolute Gasteiger partial charge is 0.573 e. The number of nitrogens with zero attached hydrogens (tertiary/aromatic N) is 1. The molecular formula is C14H19F3IN3OS. The molecule has 0 spiro atoms. The van der Waals surface area contributed by atoms with E-state index in [0.29, 0.717) is 12.5 Å². The molecule has 1 aliphatic rings. The fourth-order valence-corrected chi connectivity index (χ4v) is 3.32. The molecule has 1 fully saturated rings. The molecule has 2 rings (SSSR count). The molecule has 1 aromatic carbocycles. The first kappa shape index (κ1) is 20.2. The van der Waals surface area contributed by atoms with E-state index in [-0.39, 0.29) is 41.4 Å². The zero-order valence-electron chi connectivity index (χ0n) is 12.3. The third-order valence-electron chi connectivity index (χ3n) is 3.24. The summed E-state index contributed by atoms with van der Waals surface area (Å²) in [5, 5.41) is 2.67. The zero-order valence-corrected chi connectivity index (χ0v) is 15.5. The van der Waals surface area contributed by atoms with E-state index in [1.165, 1.54) is 18.2 Å². The van der Waals surface area contributed by atoms with Gasteiger partial charge in [0.2, 0.25) is 0 Å². The summed E-state index contributed by atoms with van der Waals surface area (Å²) in [6, 6.07) is 5.73. The number of nitrogens with two attached hydrogens (primary N) is 1. The lowest BCUT2D eigenvalue weighted by Crippen LogP contribution is -2.26. The molecule has 23 heavy (non-hydrogen) atoms. The minimum Gasteiger partial charge on any atom is -0.404 e. The highest BCUT2D eigenvalue weighted by Crippen LogP contribution is 2.29. The Morgan fingerprint density at radius 1 is 1.30 bits per heavy atom. The number of thioether (sulfide) groups is 1. The van der Waals surface area contributed by atoms with Gasteiger partial charge in [0.1, 0.15) is 0 Å². The predicted octanol–water partition coefficient (Wildman–Crippen LogP) is 4.07. The predicted molar refractivity (Wildman–Crippen MR) is 98.7 cm³/mol. The molecular weight excluding hydrogens is 442 g/mol. The maximum absolute atomic E-state index is 12.3. The molecule has 4 nitrogen and oxygen atoms in total. The lowest BCUT2D eigenvalue weighted by atomic mass is 10.0. The van der Waals surface area contributed by atoms with Crippen LogP contribution < -0.4 is 15.8 Å². The van der Waals surface area contributed by atoms with Gasteiger partial charge in [0.25, 0.3) is 0 Å². The molecule has 1 aromatic rings. The van der Waals surface area contributed by atoms with Crippen LogP contribution in [0.4, 0.5) is 18.9 Å². The van der Waals surface area contributed by atoms with E-state index in [1.807, 2.05) is 11.8 Å². The van der Waals surface area contributed by atoms with Gasteiger partial charge < -0.3 is 15.8 Å². The number of guanidine groups is 1. The van der Waals surface area contributed by atoms with E-state index < -0.39 is 6.36 Å². The van der Waals surface area contributed by atoms with Crippen molar-refractivity contribution < 1.29 is 17.9 Å². The molecule has 0 saturated carbocycles. The topological polar surface area (TPSA) is 59.6 Å². The number of benzene rings is 1. The summed E-state index contributed by atoms with van der Waals surface area (Å²) in [6.07, 6.45) is -2.56. The number of hydrogen-bond acceptors (Lipinski definition) is 3. The standard InChI is InChI=1S/C14H18F3N3OS.HI/c15-14(16,17)21-12-4-2-1-3-11(12)20-13(18)19-9-10-5-7-22-8-6-10;/h1-4,10H,5-9H2,(H3,18,19,20);1H. The van der Waals surface area contributed by atoms with E-state index in [1.54, 1.807) is 6.07 Å². The van der Waals surface area contributed by atoms with Crippen molar-refractivity contribution >= 4 is 47.4 Å². The molecule has 0 bridgehead atoms. The van der Waals surface area contributed by atoms with Crippen molar-refractivity contribution in [3.05, 3.63) is 24.3 Å². The van der Waals surface area contributed by atoms with Gasteiger partial charge in [-0.1, -0.05) is 12.1 Å². The highest BCUT2D eigenvalue weighted by molar-refractivity contribution is 14.0. The molecule has 0 radical (unpaired) electrons. The van der Waals surface area contributed by atoms with E-state index >= 15 is 0 Å². The zero-order chi connectivity index (χ0) is 16.0. The number of para-hydroxylation sites is 2. The summed E-state index contributed by atoms with van der Waals surface area (Å²) < 4.78 is 41.0. The van der Waals surface area contributed by atoms with Gasteiger partial charge in [-0.15, -0.1) is 37.1 Å². The van der Waals surface area contributed by atoms with Crippen molar-refractivity contribution in [1.29, 1.82) is 0 Å². The Bertz CT molecular complexity index is 522. The van der Waals surface area contributed by atoms with Crippen LogP contribution in [-0.4, -0.2) is 30.4 Å². The van der Waals surface area contributed by atoms with Gasteiger partial charge in [-0.2, -0.15) is 11.8 Å². The Morgan fingerprint density at radius 3 is 2.61 bits per heavy atom. The molecule has 1 saturated heterocycles. The first-order valence-corrected chi connectivity index (χ1v) is 8.09. The molecule has 0 unspecified atom stereocenters. The molecule has 0 atom stereocenters. The first-order valence-electron chi connectivity index (χ1n) is 6.93. The molecule has 1 heterocycles. The van der Waals surface area contributed by atoms with Gasteiger partial charge in [-0.25, -0.2) is 0 Å². The second-order valence-corrected chi connectivity index (χ2v) is 6.18. The minimum atomic E-state index is -4.75. The van der Waals surface area contributed by atoms with Gasteiger partial charge in [0.05, 0.1) is 5.69 Å². The number of alkyl halides is 3. The van der Waals surface area contributed by atoms with Crippen LogP contribution in [0.1, 0.15) is 12.8 Å². The highest BCUT2D eigenvalue weighted by atomic mass is 127. The Balaban J connectivity index is 0.00000264. The molecule has 1 aliphatic heterocycles. The monoisotopic (exact) mass is 461 g/mol. The van der Waals surface area contributed by atoms with Crippen LogP contribution in [-0.2, 0) is 0 Å². The van der Waals surface area contributed by atoms with Crippen LogP contribution in [0.5, 0.6) is 5.75 Å². The van der Waals surface area contributed by atoms with Crippen LogP contribution in [0.3, 0.4) is 0 Å². The van der Waals surface area contributed by atoms with E-state index in [0.717, 1.165) is 24.3 Å². The number of rotatable bonds is 4. The van der Waals surface area contributed by atoms with Crippen molar-refractivity contribution in [2.24, 2.45) is 16.6 Å². The van der Waals surface area contributed by atoms with E-state index in [2.05, 4.69) is 15.0 Å². The summed E-state index contributed by atoms with van der Waals surface area (Å²) in [5.74, 6) is 2.49. The number of aliphatic imine (C=N–C) groups is 1. The van der Waals surface area contributed by atoms with Crippen molar-refractivity contribution in [3.63, 3.8) is 0 Å². The highest BCUT2D eigenvalue weighted by Gasteiger charge is 2.32. The lowest BCUT2D eigenvalue weighted by molar-refractivity contribution is -0.274. The van der Waals surface area contributed by atoms with Gasteiger partial charge in [0, 0.05) is 6.54 Å². The SMILES string of the molecule is I.NC(=NCC1CCSCC1)Nc1ccccc1OC(F)(F)F. The van der Waals surface area contributed by atoms with Crippen LogP contribution >= 0.6 is 35.7 Å². The average Bonchev–Trinajstić information content (AvgIpc) is 2.47. The number of hydrogen-bond donors (Lipinski definition) is 2. The van der Waals surface area contributed by atoms with Gasteiger partial charge in [-0.05, 0) is 42.4 Å². The maximum atomic E-state index is 12.3. The first-order chi connectivity index (χ1) is 10.4. The molecule has 0 amide bonds. The Hall–Kier alpha value is -0.840. The van der Waals surface area contributed by atoms with Crippen molar-refractivity contribution in [3.8, 4) is 5.75 Å². The quantitative estimate of drug-likeness (QED) is 0.403. The second-order valence-electron chi connectivity index (χ2n) is 4.95. The summed E-state index contributed by atoms with van der Waals surface area (Å²) in [6.45, 7) is 0.585. The minimum absolute atomic E-state index is 0. The second kappa shape index (κ2) is 9.45. The molecule has 0 aromatic heterocycles. The fraction of sp³-hybridized carbons (Fsp3) is 0.500. The maximum Gasteiger partial charge on any atom is 0.573 e. The van der Waals surface area contributed by atoms with Gasteiger partial charge >= 0.3 is 6.36 Å². The Kier molecular flexibility index (Phi) is 8.31. The molecule has 0 aliphatic carbocycles. The van der Waals surface area contributed by atoms with Crippen LogP contribution in [0.15, 0.2) is 29.3 Å². The van der Waals surface area contributed by atoms with E-state index in [4.69, 9.17) is 5.73 Å². The molecule has 130 valence electrons. The summed E-state index contributed by atoms with van der Waals surface area (Å²) in [4.78, 5) is 4.22. The third-order valence-corrected chi connectivity index (χ3v) is 4.28. The Morgan fingerprint density at radius 2 is 1.96 bits per heavy atom. The lowest BCUT2D eigenvalue weighted by Gasteiger charge is -2.19. The summed E-state index contributed by atoms with van der Waals surface area (Å²) >= 11 is 1.92. The van der Waals surface area contributed by atoms with Gasteiger partial charge in [0.15, 0.2) is 11.7 Å². The average molecular weight is 461 g/mol. The van der Waals surface area contributed by atoms with Crippen molar-refractivity contribution in [2.75, 3.05) is 23.4 Å². The number of halogens is 4. The summed E-state index contributed by atoms with van der Waals surface area (Å²) in [5.41, 5.74) is 5.89. The normalized spacial score (nSPS) is 16.6. The van der Waals surface area contributed by atoms with Crippen LogP contribution in [0, 0.1) is 5.92 Å². The Labute approximate surface area is 154 Å². The fourth-order valence-electron chi connectivity index (χ4n) is 2.12. The van der Waals surface area contributed by atoms with Crippen molar-refractivity contribution in [1.82, 2.24) is 0 Å². The van der Waals surface area contributed by atoms with Crippen LogP contribution in [0.25, 0.3) is 0 Å². The number of anilines is 1. The summed E-state index contributed by atoms with van der Waals surface area (Å²) in [7, 11) is 0. The number of ether oxygens (including phenoxy) is 1. The molecule has 9 heteroatoms. The molecule has 3 N–H and O–H groups in total. The third kappa shape index (κ3) is 7.51.